The van der Waals surface area contributed by atoms with Gasteiger partial charge in [0, 0.05) is 16.1 Å². The fraction of sp³-hybridized carbons (Fsp3) is 0.130. The van der Waals surface area contributed by atoms with E-state index in [4.69, 9.17) is 21.1 Å². The third kappa shape index (κ3) is 4.95. The minimum absolute atomic E-state index is 0.235. The second-order valence-electron chi connectivity index (χ2n) is 6.29. The first kappa shape index (κ1) is 20.4. The van der Waals surface area contributed by atoms with Crippen LogP contribution < -0.4 is 14.8 Å². The summed E-state index contributed by atoms with van der Waals surface area (Å²) < 4.78 is 11.0. The first-order valence-electron chi connectivity index (χ1n) is 8.99. The molecular formula is C23H20ClNO4. The fourth-order valence-electron chi connectivity index (χ4n) is 2.75. The van der Waals surface area contributed by atoms with Crippen molar-refractivity contribution in [1.29, 1.82) is 0 Å². The average Bonchev–Trinajstić information content (AvgIpc) is 2.75. The summed E-state index contributed by atoms with van der Waals surface area (Å²) in [4.78, 5) is 25.6. The maximum atomic E-state index is 12.9. The van der Waals surface area contributed by atoms with Crippen molar-refractivity contribution in [2.75, 3.05) is 12.4 Å². The summed E-state index contributed by atoms with van der Waals surface area (Å²) in [7, 11) is 1.53. The van der Waals surface area contributed by atoms with E-state index in [0.29, 0.717) is 33.3 Å². The summed E-state index contributed by atoms with van der Waals surface area (Å²) in [5.74, 6) is 0.343. The van der Waals surface area contributed by atoms with Crippen molar-refractivity contribution < 1.29 is 19.1 Å². The second kappa shape index (κ2) is 9.26. The van der Waals surface area contributed by atoms with Gasteiger partial charge in [-0.05, 0) is 37.3 Å². The van der Waals surface area contributed by atoms with Crippen LogP contribution in [0.2, 0.25) is 5.02 Å². The Labute approximate surface area is 174 Å². The first-order valence-corrected chi connectivity index (χ1v) is 9.37. The number of ketones is 1. The minimum Gasteiger partial charge on any atom is -0.493 e. The Morgan fingerprint density at radius 3 is 2.28 bits per heavy atom. The minimum atomic E-state index is -0.818. The number of carbonyl (C=O) groups excluding carboxylic acids is 2. The number of hydrogen-bond acceptors (Lipinski definition) is 4. The van der Waals surface area contributed by atoms with E-state index in [1.54, 1.807) is 61.5 Å². The number of halogens is 1. The molecule has 0 aliphatic carbocycles. The van der Waals surface area contributed by atoms with E-state index >= 15 is 0 Å². The Balaban J connectivity index is 1.81. The van der Waals surface area contributed by atoms with E-state index in [1.165, 1.54) is 13.2 Å². The van der Waals surface area contributed by atoms with Crippen molar-refractivity contribution in [3.63, 3.8) is 0 Å². The van der Waals surface area contributed by atoms with E-state index in [9.17, 15) is 9.59 Å². The Morgan fingerprint density at radius 1 is 0.931 bits per heavy atom. The molecule has 1 atom stereocenters. The Morgan fingerprint density at radius 2 is 1.59 bits per heavy atom. The van der Waals surface area contributed by atoms with Crippen molar-refractivity contribution in [3.8, 4) is 11.5 Å². The van der Waals surface area contributed by atoms with E-state index in [1.807, 2.05) is 12.1 Å². The van der Waals surface area contributed by atoms with Gasteiger partial charge < -0.3 is 14.8 Å². The molecule has 0 aliphatic rings. The average molecular weight is 410 g/mol. The molecule has 3 aromatic carbocycles. The lowest BCUT2D eigenvalue weighted by molar-refractivity contribution is -0.122. The number of anilines is 1. The highest BCUT2D eigenvalue weighted by Gasteiger charge is 2.20. The summed E-state index contributed by atoms with van der Waals surface area (Å²) in [6, 6.07) is 20.6. The lowest BCUT2D eigenvalue weighted by Gasteiger charge is -2.18. The van der Waals surface area contributed by atoms with Gasteiger partial charge in [0.1, 0.15) is 0 Å². The van der Waals surface area contributed by atoms with Crippen molar-refractivity contribution >= 4 is 29.0 Å². The molecule has 1 N–H and O–H groups in total. The zero-order valence-corrected chi connectivity index (χ0v) is 16.8. The number of rotatable bonds is 7. The predicted octanol–water partition coefficient (Wildman–Crippen LogP) is 4.99. The molecule has 0 spiro atoms. The number of amides is 1. The van der Waals surface area contributed by atoms with Gasteiger partial charge in [0.05, 0.1) is 12.8 Å². The van der Waals surface area contributed by atoms with Crippen LogP contribution in [0.1, 0.15) is 22.8 Å². The quantitative estimate of drug-likeness (QED) is 0.558. The summed E-state index contributed by atoms with van der Waals surface area (Å²) in [5, 5.41) is 3.17. The van der Waals surface area contributed by atoms with Gasteiger partial charge in [-0.2, -0.15) is 0 Å². The molecule has 148 valence electrons. The van der Waals surface area contributed by atoms with Crippen LogP contribution in [0.3, 0.4) is 0 Å². The third-order valence-electron chi connectivity index (χ3n) is 4.26. The molecular weight excluding hydrogens is 390 g/mol. The SMILES string of the molecule is COc1ccccc1O[C@H](C)C(=O)Nc1ccc(Cl)cc1C(=O)c1ccccc1. The molecule has 3 aromatic rings. The Hall–Kier alpha value is -3.31. The Kier molecular flexibility index (Phi) is 6.52. The van der Waals surface area contributed by atoms with Gasteiger partial charge in [-0.15, -0.1) is 0 Å². The molecule has 5 nitrogen and oxygen atoms in total. The normalized spacial score (nSPS) is 11.4. The molecule has 6 heteroatoms. The second-order valence-corrected chi connectivity index (χ2v) is 6.72. The number of carbonyl (C=O) groups is 2. The molecule has 1 amide bonds. The van der Waals surface area contributed by atoms with Gasteiger partial charge in [0.2, 0.25) is 0 Å². The number of para-hydroxylation sites is 2. The van der Waals surface area contributed by atoms with Gasteiger partial charge in [-0.25, -0.2) is 0 Å². The van der Waals surface area contributed by atoms with Crippen molar-refractivity contribution in [2.45, 2.75) is 13.0 Å². The molecule has 3 rings (SSSR count). The third-order valence-corrected chi connectivity index (χ3v) is 4.50. The maximum absolute atomic E-state index is 12.9. The summed E-state index contributed by atoms with van der Waals surface area (Å²) in [6.07, 6.45) is -0.818. The highest BCUT2D eigenvalue weighted by molar-refractivity contribution is 6.31. The molecule has 0 saturated carbocycles. The van der Waals surface area contributed by atoms with E-state index in [2.05, 4.69) is 5.32 Å². The number of methoxy groups -OCH3 is 1. The highest BCUT2D eigenvalue weighted by Crippen LogP contribution is 2.28. The van der Waals surface area contributed by atoms with Crippen LogP contribution in [0.15, 0.2) is 72.8 Å². The van der Waals surface area contributed by atoms with Crippen LogP contribution in [0, 0.1) is 0 Å². The first-order chi connectivity index (χ1) is 14.0. The van der Waals surface area contributed by atoms with Crippen LogP contribution >= 0.6 is 11.6 Å². The molecule has 0 fully saturated rings. The van der Waals surface area contributed by atoms with E-state index in [-0.39, 0.29) is 5.78 Å². The number of hydrogen-bond donors (Lipinski definition) is 1. The summed E-state index contributed by atoms with van der Waals surface area (Å²) in [6.45, 7) is 1.62. The molecule has 0 saturated heterocycles. The molecule has 0 radical (unpaired) electrons. The lowest BCUT2D eigenvalue weighted by Crippen LogP contribution is -2.30. The molecule has 0 bridgehead atoms. The summed E-state index contributed by atoms with van der Waals surface area (Å²) >= 11 is 6.08. The standard InChI is InChI=1S/C23H20ClNO4/c1-15(29-21-11-7-6-10-20(21)28-2)23(27)25-19-13-12-17(24)14-18(19)22(26)16-8-4-3-5-9-16/h3-15H,1-2H3,(H,25,27)/t15-/m1/s1. The van der Waals surface area contributed by atoms with Crippen molar-refractivity contribution in [3.05, 3.63) is 88.9 Å². The molecule has 0 heterocycles. The van der Waals surface area contributed by atoms with Crippen molar-refractivity contribution in [1.82, 2.24) is 0 Å². The van der Waals surface area contributed by atoms with E-state index in [0.717, 1.165) is 0 Å². The topological polar surface area (TPSA) is 64.6 Å². The maximum Gasteiger partial charge on any atom is 0.265 e. The van der Waals surface area contributed by atoms with E-state index < -0.39 is 12.0 Å². The van der Waals surface area contributed by atoms with Crippen LogP contribution in [0.25, 0.3) is 0 Å². The monoisotopic (exact) mass is 409 g/mol. The van der Waals surface area contributed by atoms with Gasteiger partial charge >= 0.3 is 0 Å². The number of nitrogens with one attached hydrogen (secondary N) is 1. The van der Waals surface area contributed by atoms with Gasteiger partial charge in [0.25, 0.3) is 5.91 Å². The molecule has 0 aliphatic heterocycles. The van der Waals surface area contributed by atoms with Crippen LogP contribution in [-0.2, 0) is 4.79 Å². The molecule has 29 heavy (non-hydrogen) atoms. The zero-order chi connectivity index (χ0) is 20.8. The molecule has 0 aromatic heterocycles. The van der Waals surface area contributed by atoms with Gasteiger partial charge in [-0.1, -0.05) is 54.1 Å². The highest BCUT2D eigenvalue weighted by atomic mass is 35.5. The fourth-order valence-corrected chi connectivity index (χ4v) is 2.92. The summed E-state index contributed by atoms with van der Waals surface area (Å²) in [5.41, 5.74) is 1.17. The Bertz CT molecular complexity index is 1020. The molecule has 0 unspecified atom stereocenters. The van der Waals surface area contributed by atoms with Gasteiger partial charge in [0.15, 0.2) is 23.4 Å². The largest absolute Gasteiger partial charge is 0.493 e. The van der Waals surface area contributed by atoms with Crippen LogP contribution in [0.4, 0.5) is 5.69 Å². The predicted molar refractivity (Wildman–Crippen MR) is 113 cm³/mol. The van der Waals surface area contributed by atoms with Gasteiger partial charge in [-0.3, -0.25) is 9.59 Å². The van der Waals surface area contributed by atoms with Crippen LogP contribution in [-0.4, -0.2) is 24.9 Å². The zero-order valence-electron chi connectivity index (χ0n) is 16.0. The van der Waals surface area contributed by atoms with Crippen LogP contribution in [0.5, 0.6) is 11.5 Å². The number of benzene rings is 3. The smallest absolute Gasteiger partial charge is 0.265 e. The van der Waals surface area contributed by atoms with Crippen molar-refractivity contribution in [2.24, 2.45) is 0 Å². The lowest BCUT2D eigenvalue weighted by atomic mass is 10.0. The number of ether oxygens (including phenoxy) is 2.